The van der Waals surface area contributed by atoms with E-state index >= 15 is 0 Å². The number of aromatic nitrogens is 1. The molecule has 3 rings (SSSR count). The summed E-state index contributed by atoms with van der Waals surface area (Å²) in [5.74, 6) is -0.124. The van der Waals surface area contributed by atoms with Crippen LogP contribution in [0.2, 0.25) is 0 Å². The van der Waals surface area contributed by atoms with Crippen molar-refractivity contribution in [3.8, 4) is 0 Å². The van der Waals surface area contributed by atoms with E-state index in [4.69, 9.17) is 0 Å². The molecule has 6 heteroatoms. The number of hydrogen-bond donors (Lipinski definition) is 1. The number of carbonyl (C=O) groups is 2. The van der Waals surface area contributed by atoms with Gasteiger partial charge in [0.15, 0.2) is 0 Å². The zero-order chi connectivity index (χ0) is 17.8. The van der Waals surface area contributed by atoms with Gasteiger partial charge in [-0.25, -0.2) is 0 Å². The summed E-state index contributed by atoms with van der Waals surface area (Å²) in [5, 5.41) is 3.03. The fourth-order valence-electron chi connectivity index (χ4n) is 2.93. The Morgan fingerprint density at radius 2 is 1.92 bits per heavy atom. The summed E-state index contributed by atoms with van der Waals surface area (Å²) in [4.78, 5) is 32.6. The Kier molecular flexibility index (Phi) is 4.97. The second-order valence-corrected chi connectivity index (χ2v) is 6.39. The Labute approximate surface area is 147 Å². The molecule has 1 aliphatic heterocycles. The Bertz CT molecular complexity index is 761. The second-order valence-electron chi connectivity index (χ2n) is 6.39. The van der Waals surface area contributed by atoms with E-state index in [1.54, 1.807) is 35.5 Å². The van der Waals surface area contributed by atoms with Gasteiger partial charge in [0.2, 0.25) is 0 Å². The van der Waals surface area contributed by atoms with Gasteiger partial charge in [-0.3, -0.25) is 14.6 Å². The number of amides is 2. The first-order chi connectivity index (χ1) is 12.0. The lowest BCUT2D eigenvalue weighted by Crippen LogP contribution is -2.38. The molecule has 2 aromatic rings. The van der Waals surface area contributed by atoms with Crippen molar-refractivity contribution in [2.75, 3.05) is 32.1 Å². The molecule has 130 valence electrons. The van der Waals surface area contributed by atoms with Crippen LogP contribution >= 0.6 is 0 Å². The van der Waals surface area contributed by atoms with Crippen LogP contribution in [0.3, 0.4) is 0 Å². The van der Waals surface area contributed by atoms with Crippen LogP contribution in [0.15, 0.2) is 48.8 Å². The van der Waals surface area contributed by atoms with Crippen molar-refractivity contribution in [3.63, 3.8) is 0 Å². The van der Waals surface area contributed by atoms with Crippen molar-refractivity contribution in [2.24, 2.45) is 0 Å². The molecule has 1 saturated heterocycles. The highest BCUT2D eigenvalue weighted by Crippen LogP contribution is 2.16. The number of likely N-dealkylation sites (tertiary alicyclic amines) is 1. The van der Waals surface area contributed by atoms with Crippen molar-refractivity contribution in [1.29, 1.82) is 0 Å². The monoisotopic (exact) mass is 338 g/mol. The van der Waals surface area contributed by atoms with Gasteiger partial charge < -0.3 is 15.1 Å². The van der Waals surface area contributed by atoms with E-state index in [2.05, 4.69) is 10.3 Å². The van der Waals surface area contributed by atoms with Crippen LogP contribution in [-0.2, 0) is 0 Å². The zero-order valence-corrected chi connectivity index (χ0v) is 14.5. The van der Waals surface area contributed by atoms with Crippen molar-refractivity contribution in [2.45, 2.75) is 12.5 Å². The number of pyridine rings is 1. The van der Waals surface area contributed by atoms with Gasteiger partial charge in [-0.05, 0) is 36.8 Å². The highest BCUT2D eigenvalue weighted by atomic mass is 16.2. The molecule has 0 bridgehead atoms. The first kappa shape index (κ1) is 17.0. The van der Waals surface area contributed by atoms with Gasteiger partial charge in [0.1, 0.15) is 0 Å². The molecule has 1 fully saturated rings. The highest BCUT2D eigenvalue weighted by Gasteiger charge is 2.28. The molecule has 1 aliphatic rings. The number of nitrogens with zero attached hydrogens (tertiary/aromatic N) is 3. The molecule has 1 atom stereocenters. The molecule has 1 unspecified atom stereocenters. The van der Waals surface area contributed by atoms with Crippen molar-refractivity contribution >= 4 is 17.5 Å². The minimum Gasteiger partial charge on any atom is -0.378 e. The van der Waals surface area contributed by atoms with Crippen molar-refractivity contribution in [3.05, 3.63) is 59.9 Å². The first-order valence-electron chi connectivity index (χ1n) is 8.32. The average Bonchev–Trinajstić information content (AvgIpc) is 3.10. The molecule has 1 N–H and O–H groups in total. The molecule has 0 aliphatic carbocycles. The highest BCUT2D eigenvalue weighted by molar-refractivity contribution is 5.96. The van der Waals surface area contributed by atoms with Crippen LogP contribution in [0.4, 0.5) is 5.69 Å². The quantitative estimate of drug-likeness (QED) is 0.923. The largest absolute Gasteiger partial charge is 0.378 e. The number of rotatable bonds is 4. The van der Waals surface area contributed by atoms with Crippen LogP contribution < -0.4 is 10.2 Å². The normalized spacial score (nSPS) is 16.6. The maximum Gasteiger partial charge on any atom is 0.254 e. The minimum atomic E-state index is -0.105. The lowest BCUT2D eigenvalue weighted by atomic mass is 10.1. The molecular weight excluding hydrogens is 316 g/mol. The number of nitrogens with one attached hydrogen (secondary N) is 1. The number of benzene rings is 1. The van der Waals surface area contributed by atoms with Gasteiger partial charge in [0, 0.05) is 62.4 Å². The summed E-state index contributed by atoms with van der Waals surface area (Å²) in [7, 11) is 3.88. The smallest absolute Gasteiger partial charge is 0.254 e. The van der Waals surface area contributed by atoms with E-state index in [1.165, 1.54) is 0 Å². The van der Waals surface area contributed by atoms with Crippen LogP contribution in [0.1, 0.15) is 27.1 Å². The fraction of sp³-hybridized carbons (Fsp3) is 0.316. The Morgan fingerprint density at radius 1 is 1.16 bits per heavy atom. The summed E-state index contributed by atoms with van der Waals surface area (Å²) in [6, 6.07) is 10.9. The van der Waals surface area contributed by atoms with Crippen LogP contribution in [0.25, 0.3) is 0 Å². The van der Waals surface area contributed by atoms with E-state index in [1.807, 2.05) is 37.2 Å². The number of anilines is 1. The van der Waals surface area contributed by atoms with Crippen molar-refractivity contribution in [1.82, 2.24) is 15.2 Å². The third-order valence-electron chi connectivity index (χ3n) is 4.36. The third-order valence-corrected chi connectivity index (χ3v) is 4.36. The minimum absolute atomic E-state index is 0.0197. The van der Waals surface area contributed by atoms with Gasteiger partial charge in [0.25, 0.3) is 11.8 Å². The molecule has 6 nitrogen and oxygen atoms in total. The Balaban J connectivity index is 1.60. The zero-order valence-electron chi connectivity index (χ0n) is 14.5. The van der Waals surface area contributed by atoms with E-state index in [-0.39, 0.29) is 17.9 Å². The maximum absolute atomic E-state index is 12.5. The lowest BCUT2D eigenvalue weighted by Gasteiger charge is -2.18. The summed E-state index contributed by atoms with van der Waals surface area (Å²) in [5.41, 5.74) is 2.24. The van der Waals surface area contributed by atoms with Gasteiger partial charge in [0.05, 0.1) is 0 Å². The summed E-state index contributed by atoms with van der Waals surface area (Å²) < 4.78 is 0. The van der Waals surface area contributed by atoms with Gasteiger partial charge in [-0.2, -0.15) is 0 Å². The molecule has 1 aromatic carbocycles. The maximum atomic E-state index is 12.5. The Hall–Kier alpha value is -2.89. The van der Waals surface area contributed by atoms with Gasteiger partial charge >= 0.3 is 0 Å². The molecule has 25 heavy (non-hydrogen) atoms. The molecule has 2 amide bonds. The lowest BCUT2D eigenvalue weighted by molar-refractivity contribution is 0.0783. The van der Waals surface area contributed by atoms with Crippen LogP contribution in [0, 0.1) is 0 Å². The van der Waals surface area contributed by atoms with E-state index in [0.29, 0.717) is 24.2 Å². The third kappa shape index (κ3) is 3.96. The predicted octanol–water partition coefficient (Wildman–Crippen LogP) is 1.79. The molecular formula is C19H22N4O2. The fourth-order valence-corrected chi connectivity index (χ4v) is 2.93. The first-order valence-corrected chi connectivity index (χ1v) is 8.32. The van der Waals surface area contributed by atoms with E-state index in [0.717, 1.165) is 12.1 Å². The van der Waals surface area contributed by atoms with E-state index < -0.39 is 0 Å². The molecule has 0 radical (unpaired) electrons. The summed E-state index contributed by atoms with van der Waals surface area (Å²) >= 11 is 0. The number of hydrogen-bond acceptors (Lipinski definition) is 4. The number of carbonyl (C=O) groups excluding carboxylic acids is 2. The molecule has 0 spiro atoms. The topological polar surface area (TPSA) is 65.5 Å². The van der Waals surface area contributed by atoms with E-state index in [9.17, 15) is 9.59 Å². The standard InChI is InChI=1S/C19H22N4O2/c1-22(2)17-5-3-4-15(12-17)18(24)21-16-8-11-23(13-16)19(25)14-6-9-20-10-7-14/h3-7,9-10,12,16H,8,11,13H2,1-2H3,(H,21,24). The molecule has 1 aromatic heterocycles. The van der Waals surface area contributed by atoms with Crippen LogP contribution in [-0.4, -0.2) is 54.9 Å². The van der Waals surface area contributed by atoms with Crippen molar-refractivity contribution < 1.29 is 9.59 Å². The molecule has 2 heterocycles. The molecule has 0 saturated carbocycles. The van der Waals surface area contributed by atoms with Gasteiger partial charge in [-0.15, -0.1) is 0 Å². The summed E-state index contributed by atoms with van der Waals surface area (Å²) in [6.07, 6.45) is 3.98. The average molecular weight is 338 g/mol. The van der Waals surface area contributed by atoms with Crippen LogP contribution in [0.5, 0.6) is 0 Å². The predicted molar refractivity (Wildman–Crippen MR) is 96.8 cm³/mol. The SMILES string of the molecule is CN(C)c1cccc(C(=O)NC2CCN(C(=O)c3ccncc3)C2)c1. The second kappa shape index (κ2) is 7.34. The summed E-state index contributed by atoms with van der Waals surface area (Å²) in [6.45, 7) is 1.17. The van der Waals surface area contributed by atoms with Gasteiger partial charge in [-0.1, -0.05) is 6.07 Å². The Morgan fingerprint density at radius 3 is 2.64 bits per heavy atom.